The van der Waals surface area contributed by atoms with Crippen molar-refractivity contribution in [3.8, 4) is 0 Å². The van der Waals surface area contributed by atoms with Crippen molar-refractivity contribution in [2.45, 2.75) is 13.8 Å². The van der Waals surface area contributed by atoms with Gasteiger partial charge in [0, 0.05) is 9.13 Å². The van der Waals surface area contributed by atoms with Gasteiger partial charge in [-0.15, -0.1) is 0 Å². The highest BCUT2D eigenvalue weighted by Crippen LogP contribution is 2.14. The Morgan fingerprint density at radius 1 is 1.45 bits per heavy atom. The highest BCUT2D eigenvalue weighted by atomic mass is 127. The molecule has 0 spiro atoms. The molecule has 1 nitrogen and oxygen atoms in total. The number of hydrogen-bond donors (Lipinski definition) is 0. The predicted molar refractivity (Wildman–Crippen MR) is 53.9 cm³/mol. The van der Waals surface area contributed by atoms with Gasteiger partial charge in [0.25, 0.3) is 0 Å². The van der Waals surface area contributed by atoms with Gasteiger partial charge in [0.15, 0.2) is 5.78 Å². The average Bonchev–Trinajstić information content (AvgIpc) is 1.94. The summed E-state index contributed by atoms with van der Waals surface area (Å²) in [5.41, 5.74) is 1.96. The Labute approximate surface area is 79.9 Å². The van der Waals surface area contributed by atoms with Crippen LogP contribution in [0.1, 0.15) is 22.8 Å². The highest BCUT2D eigenvalue weighted by molar-refractivity contribution is 14.1. The zero-order valence-corrected chi connectivity index (χ0v) is 8.68. The van der Waals surface area contributed by atoms with E-state index in [0.717, 1.165) is 14.7 Å². The average molecular weight is 260 g/mol. The lowest BCUT2D eigenvalue weighted by atomic mass is 10.1. The van der Waals surface area contributed by atoms with Crippen LogP contribution >= 0.6 is 22.6 Å². The highest BCUT2D eigenvalue weighted by Gasteiger charge is 2.03. The first kappa shape index (κ1) is 8.71. The van der Waals surface area contributed by atoms with Gasteiger partial charge >= 0.3 is 0 Å². The maximum Gasteiger partial charge on any atom is 0.160 e. The van der Waals surface area contributed by atoms with Crippen LogP contribution in [0.25, 0.3) is 0 Å². The van der Waals surface area contributed by atoms with Gasteiger partial charge in [-0.3, -0.25) is 4.79 Å². The monoisotopic (exact) mass is 260 g/mol. The number of ketones is 1. The lowest BCUT2D eigenvalue weighted by Crippen LogP contribution is -1.95. The van der Waals surface area contributed by atoms with Gasteiger partial charge in [-0.1, -0.05) is 11.6 Å². The molecular formula is C9H9IO. The van der Waals surface area contributed by atoms with E-state index in [-0.39, 0.29) is 5.78 Å². The molecule has 0 aromatic heterocycles. The molecule has 0 heterocycles. The summed E-state index contributed by atoms with van der Waals surface area (Å²) in [5, 5.41) is 0. The Morgan fingerprint density at radius 3 is 2.55 bits per heavy atom. The Morgan fingerprint density at radius 2 is 2.09 bits per heavy atom. The summed E-state index contributed by atoms with van der Waals surface area (Å²) in [6.07, 6.45) is 0. The Balaban J connectivity index is 3.23. The quantitative estimate of drug-likeness (QED) is 0.560. The van der Waals surface area contributed by atoms with Crippen LogP contribution < -0.4 is 0 Å². The number of Topliss-reactive ketones (excluding diaryl/α,β-unsaturated/α-hetero) is 1. The third-order valence-corrected chi connectivity index (χ3v) is 2.44. The molecule has 0 bridgehead atoms. The number of hydrogen-bond acceptors (Lipinski definition) is 1. The molecule has 0 amide bonds. The molecule has 0 N–H and O–H groups in total. The van der Waals surface area contributed by atoms with Gasteiger partial charge in [-0.25, -0.2) is 0 Å². The van der Waals surface area contributed by atoms with Crippen LogP contribution in [0, 0.1) is 10.5 Å². The zero-order chi connectivity index (χ0) is 8.43. The molecule has 0 atom stereocenters. The third-order valence-electron chi connectivity index (χ3n) is 1.50. The van der Waals surface area contributed by atoms with Crippen LogP contribution in [0.4, 0.5) is 0 Å². The molecule has 0 aliphatic heterocycles. The molecule has 0 unspecified atom stereocenters. The van der Waals surface area contributed by atoms with E-state index in [1.807, 2.05) is 25.1 Å². The second-order valence-corrected chi connectivity index (χ2v) is 3.70. The molecule has 0 saturated carbocycles. The minimum Gasteiger partial charge on any atom is -0.294 e. The van der Waals surface area contributed by atoms with Crippen molar-refractivity contribution in [1.29, 1.82) is 0 Å². The Bertz CT molecular complexity index is 292. The lowest BCUT2D eigenvalue weighted by Gasteiger charge is -2.00. The Hall–Kier alpha value is -0.380. The molecule has 0 saturated heterocycles. The van der Waals surface area contributed by atoms with Gasteiger partial charge in [0.2, 0.25) is 0 Å². The van der Waals surface area contributed by atoms with Gasteiger partial charge < -0.3 is 0 Å². The largest absolute Gasteiger partial charge is 0.294 e. The summed E-state index contributed by atoms with van der Waals surface area (Å²) in [4.78, 5) is 11.0. The summed E-state index contributed by atoms with van der Waals surface area (Å²) < 4.78 is 1.03. The van der Waals surface area contributed by atoms with Crippen molar-refractivity contribution in [3.05, 3.63) is 32.9 Å². The maximum absolute atomic E-state index is 11.0. The first-order valence-electron chi connectivity index (χ1n) is 3.38. The number of carbonyl (C=O) groups excluding carboxylic acids is 1. The second-order valence-electron chi connectivity index (χ2n) is 2.54. The molecule has 0 fully saturated rings. The van der Waals surface area contributed by atoms with Crippen LogP contribution in [0.5, 0.6) is 0 Å². The molecule has 1 rings (SSSR count). The molecule has 2 heteroatoms. The molecule has 0 aliphatic carbocycles. The van der Waals surface area contributed by atoms with E-state index in [2.05, 4.69) is 22.6 Å². The number of rotatable bonds is 1. The second kappa shape index (κ2) is 3.34. The van der Waals surface area contributed by atoms with E-state index >= 15 is 0 Å². The van der Waals surface area contributed by atoms with Crippen molar-refractivity contribution in [2.24, 2.45) is 0 Å². The van der Waals surface area contributed by atoms with Crippen molar-refractivity contribution in [2.75, 3.05) is 0 Å². The van der Waals surface area contributed by atoms with Crippen LogP contribution in [-0.4, -0.2) is 5.78 Å². The van der Waals surface area contributed by atoms with E-state index in [0.29, 0.717) is 0 Å². The van der Waals surface area contributed by atoms with Crippen LogP contribution in [0.2, 0.25) is 0 Å². The fourth-order valence-corrected chi connectivity index (χ4v) is 1.62. The summed E-state index contributed by atoms with van der Waals surface area (Å²) in [7, 11) is 0. The molecule has 58 valence electrons. The van der Waals surface area contributed by atoms with Crippen molar-refractivity contribution in [1.82, 2.24) is 0 Å². The SMILES string of the molecule is CC(=O)c1cc(C)ccc1I. The normalized spacial score (nSPS) is 9.73. The lowest BCUT2D eigenvalue weighted by molar-refractivity contribution is 0.101. The molecule has 0 radical (unpaired) electrons. The number of aryl methyl sites for hydroxylation is 1. The van der Waals surface area contributed by atoms with E-state index in [4.69, 9.17) is 0 Å². The van der Waals surface area contributed by atoms with Crippen molar-refractivity contribution >= 4 is 28.4 Å². The summed E-state index contributed by atoms with van der Waals surface area (Å²) in [5.74, 6) is 0.137. The number of benzene rings is 1. The number of halogens is 1. The van der Waals surface area contributed by atoms with Crippen LogP contribution in [-0.2, 0) is 0 Å². The topological polar surface area (TPSA) is 17.1 Å². The summed E-state index contributed by atoms with van der Waals surface area (Å²) in [6.45, 7) is 3.58. The van der Waals surface area contributed by atoms with E-state index in [9.17, 15) is 4.79 Å². The van der Waals surface area contributed by atoms with Gasteiger partial charge in [0.05, 0.1) is 0 Å². The summed E-state index contributed by atoms with van der Waals surface area (Å²) >= 11 is 2.17. The predicted octanol–water partition coefficient (Wildman–Crippen LogP) is 2.80. The first-order valence-corrected chi connectivity index (χ1v) is 4.46. The van der Waals surface area contributed by atoms with Gasteiger partial charge in [-0.05, 0) is 48.6 Å². The molecule has 11 heavy (non-hydrogen) atoms. The van der Waals surface area contributed by atoms with Gasteiger partial charge in [0.1, 0.15) is 0 Å². The number of carbonyl (C=O) groups is 1. The standard InChI is InChI=1S/C9H9IO/c1-6-3-4-9(10)8(5-6)7(2)11/h3-5H,1-2H3. The Kier molecular flexibility index (Phi) is 2.65. The minimum absolute atomic E-state index is 0.137. The van der Waals surface area contributed by atoms with Crippen LogP contribution in [0.3, 0.4) is 0 Å². The van der Waals surface area contributed by atoms with Crippen LogP contribution in [0.15, 0.2) is 18.2 Å². The fraction of sp³-hybridized carbons (Fsp3) is 0.222. The van der Waals surface area contributed by atoms with E-state index < -0.39 is 0 Å². The maximum atomic E-state index is 11.0. The molecular weight excluding hydrogens is 251 g/mol. The fourth-order valence-electron chi connectivity index (χ4n) is 0.909. The van der Waals surface area contributed by atoms with Crippen molar-refractivity contribution in [3.63, 3.8) is 0 Å². The van der Waals surface area contributed by atoms with E-state index in [1.54, 1.807) is 6.92 Å². The third kappa shape index (κ3) is 2.02. The molecule has 0 aliphatic rings. The minimum atomic E-state index is 0.137. The summed E-state index contributed by atoms with van der Waals surface area (Å²) in [6, 6.07) is 5.89. The molecule has 1 aromatic rings. The molecule has 1 aromatic carbocycles. The first-order chi connectivity index (χ1) is 5.11. The van der Waals surface area contributed by atoms with Gasteiger partial charge in [-0.2, -0.15) is 0 Å². The van der Waals surface area contributed by atoms with E-state index in [1.165, 1.54) is 0 Å². The smallest absolute Gasteiger partial charge is 0.160 e. The van der Waals surface area contributed by atoms with Crippen molar-refractivity contribution < 1.29 is 4.79 Å². The zero-order valence-electron chi connectivity index (χ0n) is 6.52.